The molecule has 0 aliphatic rings. The molecule has 3 rings (SSSR count). The normalized spacial score (nSPS) is 12.1. The van der Waals surface area contributed by atoms with E-state index in [9.17, 15) is 4.79 Å². The van der Waals surface area contributed by atoms with Crippen molar-refractivity contribution >= 4 is 16.3 Å². The first-order valence-electron chi connectivity index (χ1n) is 12.2. The van der Waals surface area contributed by atoms with Gasteiger partial charge in [0.2, 0.25) is 0 Å². The summed E-state index contributed by atoms with van der Waals surface area (Å²) in [5.74, 6) is -0.129. The van der Waals surface area contributed by atoms with Crippen LogP contribution in [0, 0.1) is 62.3 Å². The molecule has 0 atom stereocenters. The Hall–Kier alpha value is -2.52. The summed E-state index contributed by atoms with van der Waals surface area (Å²) in [6, 6.07) is 13.4. The van der Waals surface area contributed by atoms with Crippen molar-refractivity contribution < 1.29 is 8.98 Å². The van der Waals surface area contributed by atoms with Crippen molar-refractivity contribution in [2.45, 2.75) is 96.8 Å². The summed E-state index contributed by atoms with van der Waals surface area (Å²) < 4.78 is 6.89. The second kappa shape index (κ2) is 10.00. The summed E-state index contributed by atoms with van der Waals surface area (Å²) in [5.41, 5.74) is 10.7. The molecule has 0 amide bonds. The van der Waals surface area contributed by atoms with Crippen molar-refractivity contribution in [1.82, 2.24) is 0 Å². The molecule has 0 fully saturated rings. The van der Waals surface area contributed by atoms with Crippen LogP contribution >= 0.6 is 10.3 Å². The molecule has 0 radical (unpaired) electrons. The molecule has 0 aromatic heterocycles. The lowest BCUT2D eigenvalue weighted by molar-refractivity contribution is -0.133. The van der Waals surface area contributed by atoms with Crippen molar-refractivity contribution in [2.75, 3.05) is 0 Å². The topological polar surface area (TPSA) is 26.3 Å². The van der Waals surface area contributed by atoms with Gasteiger partial charge < -0.3 is 4.18 Å². The number of carbonyl (C=O) groups is 1. The molecule has 3 heteroatoms. The molecule has 34 heavy (non-hydrogen) atoms. The van der Waals surface area contributed by atoms with Crippen LogP contribution in [0.4, 0.5) is 0 Å². The van der Waals surface area contributed by atoms with E-state index in [0.717, 1.165) is 21.1 Å². The van der Waals surface area contributed by atoms with E-state index in [1.54, 1.807) is 0 Å². The lowest BCUT2D eigenvalue weighted by atomic mass is 10.1. The Labute approximate surface area is 208 Å². The minimum atomic E-state index is -2.34. The van der Waals surface area contributed by atoms with Crippen molar-refractivity contribution in [1.29, 1.82) is 0 Å². The molecule has 0 unspecified atom stereocenters. The molecule has 0 heterocycles. The van der Waals surface area contributed by atoms with Crippen LogP contribution in [0.1, 0.15) is 69.8 Å². The predicted octanol–water partition coefficient (Wildman–Crippen LogP) is 9.00. The molecule has 2 nitrogen and oxygen atoms in total. The summed E-state index contributed by atoms with van der Waals surface area (Å²) in [5, 5.41) is 0. The summed E-state index contributed by atoms with van der Waals surface area (Å²) in [6.07, 6.45) is 1.17. The maximum Gasteiger partial charge on any atom is 0.317 e. The summed E-state index contributed by atoms with van der Waals surface area (Å²) in [6.45, 7) is 21.4. The smallest absolute Gasteiger partial charge is 0.317 e. The van der Waals surface area contributed by atoms with E-state index in [1.807, 2.05) is 6.92 Å². The van der Waals surface area contributed by atoms with E-state index in [-0.39, 0.29) is 5.97 Å². The number of carbonyl (C=O) groups excluding carboxylic acids is 1. The summed E-state index contributed by atoms with van der Waals surface area (Å²) in [7, 11) is -2.34. The second-order valence-corrected chi connectivity index (χ2v) is 12.4. The molecule has 0 saturated heterocycles. The minimum absolute atomic E-state index is 0.129. The molecular weight excluding hydrogens is 436 g/mol. The van der Waals surface area contributed by atoms with Gasteiger partial charge in [0.05, 0.1) is 0 Å². The first-order chi connectivity index (χ1) is 15.9. The maximum atomic E-state index is 13.4. The van der Waals surface area contributed by atoms with Crippen LogP contribution in [-0.2, 0) is 8.98 Å². The largest absolute Gasteiger partial charge is 0.402 e. The third kappa shape index (κ3) is 4.68. The highest BCUT2D eigenvalue weighted by Crippen LogP contribution is 2.73. The number of aryl methyl sites for hydroxylation is 9. The summed E-state index contributed by atoms with van der Waals surface area (Å²) >= 11 is 0. The van der Waals surface area contributed by atoms with Crippen molar-refractivity contribution in [3.63, 3.8) is 0 Å². The zero-order valence-electron chi connectivity index (χ0n) is 22.6. The van der Waals surface area contributed by atoms with E-state index in [1.165, 1.54) is 50.1 Å². The van der Waals surface area contributed by atoms with Gasteiger partial charge in [0.1, 0.15) is 0 Å². The fourth-order valence-corrected chi connectivity index (χ4v) is 9.98. The SMILES string of the molecule is CCCC(=O)OS(c1c(C)cc(C)cc1C)(c1c(C)cc(C)cc1C)c1c(C)cc(C)cc1C. The quantitative estimate of drug-likeness (QED) is 0.355. The van der Waals surface area contributed by atoms with Crippen LogP contribution in [0.5, 0.6) is 0 Å². The number of hydrogen-bond acceptors (Lipinski definition) is 2. The number of benzene rings is 3. The van der Waals surface area contributed by atoms with Crippen molar-refractivity contribution in [2.24, 2.45) is 0 Å². The molecule has 3 aromatic rings. The van der Waals surface area contributed by atoms with E-state index in [4.69, 9.17) is 4.18 Å². The fraction of sp³-hybridized carbons (Fsp3) is 0.387. The predicted molar refractivity (Wildman–Crippen MR) is 145 cm³/mol. The van der Waals surface area contributed by atoms with Crippen LogP contribution in [-0.4, -0.2) is 5.97 Å². The maximum absolute atomic E-state index is 13.4. The standard InChI is InChI=1S/C31H40O2S/c1-11-12-28(32)33-34(29-22(5)13-19(2)14-23(29)6,30-24(7)15-20(3)16-25(30)8)31-26(9)17-21(4)18-27(31)10/h13-18H,11-12H2,1-10H3. The zero-order valence-corrected chi connectivity index (χ0v) is 23.4. The number of hydrogen-bond donors (Lipinski definition) is 0. The van der Waals surface area contributed by atoms with Crippen LogP contribution < -0.4 is 0 Å². The Balaban J connectivity index is 2.64. The highest BCUT2D eigenvalue weighted by Gasteiger charge is 2.42. The zero-order chi connectivity index (χ0) is 25.4. The van der Waals surface area contributed by atoms with Gasteiger partial charge >= 0.3 is 5.97 Å². The summed E-state index contributed by atoms with van der Waals surface area (Å²) in [4.78, 5) is 16.9. The van der Waals surface area contributed by atoms with Crippen molar-refractivity contribution in [3.05, 3.63) is 86.5 Å². The van der Waals surface area contributed by atoms with E-state index in [2.05, 4.69) is 98.7 Å². The van der Waals surface area contributed by atoms with E-state index >= 15 is 0 Å². The van der Waals surface area contributed by atoms with Gasteiger partial charge in [0, 0.05) is 21.1 Å². The lowest BCUT2D eigenvalue weighted by Gasteiger charge is -2.45. The van der Waals surface area contributed by atoms with Gasteiger partial charge in [0.15, 0.2) is 0 Å². The highest BCUT2D eigenvalue weighted by molar-refractivity contribution is 8.30. The molecule has 0 bridgehead atoms. The molecule has 182 valence electrons. The van der Waals surface area contributed by atoms with Gasteiger partial charge in [0.25, 0.3) is 0 Å². The fourth-order valence-electron chi connectivity index (χ4n) is 5.68. The Morgan fingerprint density at radius 2 is 0.853 bits per heavy atom. The number of rotatable bonds is 6. The van der Waals surface area contributed by atoms with Gasteiger partial charge in [-0.25, -0.2) is 0 Å². The Morgan fingerprint density at radius 1 is 0.588 bits per heavy atom. The highest BCUT2D eigenvalue weighted by atomic mass is 32.3. The Bertz CT molecular complexity index is 1040. The third-order valence-electron chi connectivity index (χ3n) is 6.35. The van der Waals surface area contributed by atoms with Crippen LogP contribution in [0.2, 0.25) is 0 Å². The molecule has 0 saturated carbocycles. The second-order valence-electron chi connectivity index (χ2n) is 9.95. The van der Waals surface area contributed by atoms with Gasteiger partial charge in [-0.3, -0.25) is 4.79 Å². The first kappa shape index (κ1) is 26.1. The molecular formula is C31H40O2S. The Kier molecular flexibility index (Phi) is 7.67. The Morgan fingerprint density at radius 3 is 1.09 bits per heavy atom. The van der Waals surface area contributed by atoms with Crippen LogP contribution in [0.3, 0.4) is 0 Å². The van der Waals surface area contributed by atoms with Gasteiger partial charge in [-0.05, 0) is 112 Å². The molecule has 0 N–H and O–H groups in total. The monoisotopic (exact) mass is 476 g/mol. The third-order valence-corrected chi connectivity index (χ3v) is 10.4. The van der Waals surface area contributed by atoms with Crippen LogP contribution in [0.25, 0.3) is 0 Å². The van der Waals surface area contributed by atoms with E-state index in [0.29, 0.717) is 6.42 Å². The molecule has 0 spiro atoms. The average Bonchev–Trinajstić information content (AvgIpc) is 2.65. The first-order valence-corrected chi connectivity index (χ1v) is 13.8. The van der Waals surface area contributed by atoms with Crippen molar-refractivity contribution in [3.8, 4) is 0 Å². The van der Waals surface area contributed by atoms with E-state index < -0.39 is 10.3 Å². The van der Waals surface area contributed by atoms with Gasteiger partial charge in [-0.15, -0.1) is 0 Å². The van der Waals surface area contributed by atoms with Crippen LogP contribution in [0.15, 0.2) is 51.1 Å². The lowest BCUT2D eigenvalue weighted by Crippen LogP contribution is -2.19. The minimum Gasteiger partial charge on any atom is -0.402 e. The van der Waals surface area contributed by atoms with Gasteiger partial charge in [-0.1, -0.05) is 60.0 Å². The average molecular weight is 477 g/mol. The van der Waals surface area contributed by atoms with Gasteiger partial charge in [-0.2, -0.15) is 0 Å². The molecule has 0 aliphatic carbocycles. The molecule has 3 aromatic carbocycles. The molecule has 0 aliphatic heterocycles.